The van der Waals surface area contributed by atoms with Crippen LogP contribution in [0.4, 0.5) is 4.39 Å². The Morgan fingerprint density at radius 1 is 1.47 bits per heavy atom. The second kappa shape index (κ2) is 5.10. The van der Waals surface area contributed by atoms with Crippen LogP contribution >= 0.6 is 0 Å². The lowest BCUT2D eigenvalue weighted by Gasteiger charge is -2.06. The van der Waals surface area contributed by atoms with E-state index in [-0.39, 0.29) is 0 Å². The Bertz CT molecular complexity index is 486. The topological polar surface area (TPSA) is 59.1 Å². The molecule has 0 aliphatic heterocycles. The van der Waals surface area contributed by atoms with Crippen molar-refractivity contribution in [3.8, 4) is 0 Å². The summed E-state index contributed by atoms with van der Waals surface area (Å²) in [6, 6.07) is 2.45. The lowest BCUT2D eigenvalue weighted by atomic mass is 10.2. The first-order valence-electron chi connectivity index (χ1n) is 5.70. The summed E-state index contributed by atoms with van der Waals surface area (Å²) in [6.45, 7) is 0.342. The van der Waals surface area contributed by atoms with Crippen molar-refractivity contribution in [2.24, 2.45) is 5.92 Å². The largest absolute Gasteiger partial charge is 0.261 e. The van der Waals surface area contributed by atoms with Gasteiger partial charge >= 0.3 is 0 Å². The number of rotatable bonds is 6. The summed E-state index contributed by atoms with van der Waals surface area (Å²) >= 11 is 0. The third-order valence-electron chi connectivity index (χ3n) is 2.76. The third-order valence-corrected chi connectivity index (χ3v) is 4.15. The van der Waals surface area contributed by atoms with Gasteiger partial charge in [-0.1, -0.05) is 12.8 Å². The molecule has 1 fully saturated rings. The Kier molecular flexibility index (Phi) is 3.73. The first kappa shape index (κ1) is 12.4. The van der Waals surface area contributed by atoms with Crippen molar-refractivity contribution in [2.45, 2.75) is 30.7 Å². The summed E-state index contributed by atoms with van der Waals surface area (Å²) in [5, 5.41) is -0.522. The first-order valence-corrected chi connectivity index (χ1v) is 7.18. The molecule has 1 heterocycles. The van der Waals surface area contributed by atoms with Gasteiger partial charge in [-0.25, -0.2) is 22.5 Å². The minimum Gasteiger partial charge on any atom is -0.241 e. The van der Waals surface area contributed by atoms with E-state index in [1.54, 1.807) is 0 Å². The van der Waals surface area contributed by atoms with E-state index < -0.39 is 20.9 Å². The van der Waals surface area contributed by atoms with Gasteiger partial charge in [-0.2, -0.15) is 0 Å². The molecule has 6 heteroatoms. The van der Waals surface area contributed by atoms with Gasteiger partial charge in [0, 0.05) is 12.7 Å². The number of sulfonamides is 1. The van der Waals surface area contributed by atoms with Gasteiger partial charge in [0.25, 0.3) is 10.0 Å². The predicted octanol–water partition coefficient (Wildman–Crippen LogP) is 1.69. The van der Waals surface area contributed by atoms with E-state index in [4.69, 9.17) is 0 Å². The average Bonchev–Trinajstić information content (AvgIpc) is 3.09. The predicted molar refractivity (Wildman–Crippen MR) is 61.3 cm³/mol. The van der Waals surface area contributed by atoms with Gasteiger partial charge in [-0.15, -0.1) is 0 Å². The third kappa shape index (κ3) is 3.47. The fraction of sp³-hybridized carbons (Fsp3) is 0.545. The van der Waals surface area contributed by atoms with E-state index in [2.05, 4.69) is 9.71 Å². The maximum Gasteiger partial charge on any atom is 0.261 e. The van der Waals surface area contributed by atoms with E-state index in [1.165, 1.54) is 25.1 Å². The minimum absolute atomic E-state index is 0.342. The van der Waals surface area contributed by atoms with Crippen molar-refractivity contribution in [1.29, 1.82) is 0 Å². The molecule has 0 atom stereocenters. The minimum atomic E-state index is -3.80. The second-order valence-corrected chi connectivity index (χ2v) is 5.96. The van der Waals surface area contributed by atoms with E-state index in [1.807, 2.05) is 0 Å². The molecule has 1 aromatic rings. The average molecular weight is 258 g/mol. The Morgan fingerprint density at radius 3 is 2.88 bits per heavy atom. The fourth-order valence-corrected chi connectivity index (χ4v) is 2.72. The van der Waals surface area contributed by atoms with Crippen LogP contribution in [-0.2, 0) is 10.0 Å². The molecular weight excluding hydrogens is 243 g/mol. The van der Waals surface area contributed by atoms with Crippen LogP contribution < -0.4 is 4.72 Å². The molecule has 0 saturated heterocycles. The van der Waals surface area contributed by atoms with E-state index in [9.17, 15) is 12.8 Å². The number of nitrogens with one attached hydrogen (secondary N) is 1. The molecule has 4 nitrogen and oxygen atoms in total. The number of nitrogens with zero attached hydrogens (tertiary/aromatic N) is 1. The molecule has 0 spiro atoms. The molecule has 0 radical (unpaired) electrons. The van der Waals surface area contributed by atoms with Gasteiger partial charge in [0.2, 0.25) is 5.03 Å². The van der Waals surface area contributed by atoms with Gasteiger partial charge < -0.3 is 0 Å². The van der Waals surface area contributed by atoms with Crippen molar-refractivity contribution in [3.63, 3.8) is 0 Å². The lowest BCUT2D eigenvalue weighted by molar-refractivity contribution is 0.540. The van der Waals surface area contributed by atoms with Crippen LogP contribution in [0.2, 0.25) is 0 Å². The highest BCUT2D eigenvalue weighted by Crippen LogP contribution is 2.33. The zero-order valence-electron chi connectivity index (χ0n) is 9.39. The highest BCUT2D eigenvalue weighted by Gasteiger charge is 2.22. The number of hydrogen-bond acceptors (Lipinski definition) is 3. The van der Waals surface area contributed by atoms with Crippen molar-refractivity contribution < 1.29 is 12.8 Å². The van der Waals surface area contributed by atoms with Crippen LogP contribution in [-0.4, -0.2) is 19.9 Å². The molecule has 17 heavy (non-hydrogen) atoms. The molecule has 1 aromatic heterocycles. The SMILES string of the molecule is O=S(=O)(NCCCC1CC1)c1ncccc1F. The Labute approximate surface area is 100 Å². The Hall–Kier alpha value is -1.01. The van der Waals surface area contributed by atoms with Crippen LogP contribution in [0.15, 0.2) is 23.4 Å². The molecule has 1 aliphatic rings. The second-order valence-electron chi connectivity index (χ2n) is 4.27. The summed E-state index contributed by atoms with van der Waals surface area (Å²) in [4.78, 5) is 3.55. The van der Waals surface area contributed by atoms with Gasteiger partial charge in [0.1, 0.15) is 0 Å². The van der Waals surface area contributed by atoms with E-state index in [0.29, 0.717) is 6.54 Å². The molecule has 94 valence electrons. The van der Waals surface area contributed by atoms with Crippen molar-refractivity contribution >= 4 is 10.0 Å². The summed E-state index contributed by atoms with van der Waals surface area (Å²) in [5.41, 5.74) is 0. The molecule has 0 bridgehead atoms. The maximum absolute atomic E-state index is 13.3. The fourth-order valence-electron chi connectivity index (χ4n) is 1.64. The first-order chi connectivity index (χ1) is 8.09. The number of pyridine rings is 1. The maximum atomic E-state index is 13.3. The van der Waals surface area contributed by atoms with Crippen molar-refractivity contribution in [2.75, 3.05) is 6.54 Å². The monoisotopic (exact) mass is 258 g/mol. The normalized spacial score (nSPS) is 16.1. The smallest absolute Gasteiger partial charge is 0.241 e. The van der Waals surface area contributed by atoms with Crippen molar-refractivity contribution in [3.05, 3.63) is 24.1 Å². The highest BCUT2D eigenvalue weighted by atomic mass is 32.2. The van der Waals surface area contributed by atoms with Crippen LogP contribution in [0, 0.1) is 11.7 Å². The van der Waals surface area contributed by atoms with E-state index in [0.717, 1.165) is 24.8 Å². The molecule has 0 aromatic carbocycles. The van der Waals surface area contributed by atoms with Gasteiger partial charge in [-0.05, 0) is 30.9 Å². The van der Waals surface area contributed by atoms with Gasteiger partial charge in [-0.3, -0.25) is 0 Å². The lowest BCUT2D eigenvalue weighted by Crippen LogP contribution is -2.26. The van der Waals surface area contributed by atoms with Crippen molar-refractivity contribution in [1.82, 2.24) is 9.71 Å². The molecule has 2 rings (SSSR count). The summed E-state index contributed by atoms with van der Waals surface area (Å²) in [7, 11) is -3.80. The van der Waals surface area contributed by atoms with Crippen LogP contribution in [0.25, 0.3) is 0 Å². The molecule has 1 aliphatic carbocycles. The quantitative estimate of drug-likeness (QED) is 0.790. The van der Waals surface area contributed by atoms with Gasteiger partial charge in [0.15, 0.2) is 5.82 Å². The molecule has 1 N–H and O–H groups in total. The zero-order valence-corrected chi connectivity index (χ0v) is 10.2. The van der Waals surface area contributed by atoms with E-state index >= 15 is 0 Å². The van der Waals surface area contributed by atoms with Crippen LogP contribution in [0.1, 0.15) is 25.7 Å². The summed E-state index contributed by atoms with van der Waals surface area (Å²) < 4.78 is 39.0. The Morgan fingerprint density at radius 2 is 2.24 bits per heavy atom. The highest BCUT2D eigenvalue weighted by molar-refractivity contribution is 7.89. The number of halogens is 1. The standard InChI is InChI=1S/C11H15FN2O2S/c12-10-4-2-7-13-11(10)17(15,16)14-8-1-3-9-5-6-9/h2,4,7,9,14H,1,3,5-6,8H2. The number of aromatic nitrogens is 1. The summed E-state index contributed by atoms with van der Waals surface area (Å²) in [5.74, 6) is -0.0479. The molecular formula is C11H15FN2O2S. The van der Waals surface area contributed by atoms with Gasteiger partial charge in [0.05, 0.1) is 0 Å². The summed E-state index contributed by atoms with van der Waals surface area (Å²) in [6.07, 6.45) is 5.59. The zero-order chi connectivity index (χ0) is 12.3. The number of hydrogen-bond donors (Lipinski definition) is 1. The Balaban J connectivity index is 1.91. The molecule has 0 unspecified atom stereocenters. The molecule has 1 saturated carbocycles. The molecule has 0 amide bonds. The van der Waals surface area contributed by atoms with Crippen LogP contribution in [0.5, 0.6) is 0 Å². The van der Waals surface area contributed by atoms with Crippen LogP contribution in [0.3, 0.4) is 0 Å².